The van der Waals surface area contributed by atoms with Gasteiger partial charge in [0.1, 0.15) is 5.82 Å². The molecule has 0 spiro atoms. The predicted octanol–water partition coefficient (Wildman–Crippen LogP) is 3.68. The highest BCUT2D eigenvalue weighted by Crippen LogP contribution is 2.31. The molecule has 7 heteroatoms. The fraction of sp³-hybridized carbons (Fsp3) is 0.421. The molecular formula is C19H20FN3O2S. The number of hydrogen-bond donors (Lipinski definition) is 1. The first kappa shape index (κ1) is 17.1. The molecule has 1 aliphatic carbocycles. The summed E-state index contributed by atoms with van der Waals surface area (Å²) < 4.78 is 13.0. The van der Waals surface area contributed by atoms with Crippen molar-refractivity contribution >= 4 is 28.3 Å². The third-order valence-corrected chi connectivity index (χ3v) is 5.93. The topological polar surface area (TPSA) is 62.3 Å². The van der Waals surface area contributed by atoms with E-state index in [1.165, 1.54) is 23.5 Å². The van der Waals surface area contributed by atoms with Crippen LogP contribution < -0.4 is 5.32 Å². The number of likely N-dealkylation sites (tertiary alicyclic amines) is 1. The summed E-state index contributed by atoms with van der Waals surface area (Å²) in [6, 6.07) is 6.39. The standard InChI is InChI=1S/C19H20FN3O2S/c20-14-7-5-12(6-8-14)16-11-26-19(21-16)22-18(25)13-9-17(24)23(10-13)15-3-1-2-4-15/h5-8,11,13,15H,1-4,9-10H2,(H,21,22,25). The summed E-state index contributed by atoms with van der Waals surface area (Å²) in [5.74, 6) is -0.682. The van der Waals surface area contributed by atoms with Crippen molar-refractivity contribution in [2.24, 2.45) is 5.92 Å². The largest absolute Gasteiger partial charge is 0.339 e. The van der Waals surface area contributed by atoms with Crippen molar-refractivity contribution in [3.05, 3.63) is 35.5 Å². The van der Waals surface area contributed by atoms with Crippen molar-refractivity contribution in [2.45, 2.75) is 38.1 Å². The summed E-state index contributed by atoms with van der Waals surface area (Å²) in [5, 5.41) is 5.16. The maximum Gasteiger partial charge on any atom is 0.231 e. The van der Waals surface area contributed by atoms with Gasteiger partial charge in [-0.3, -0.25) is 9.59 Å². The lowest BCUT2D eigenvalue weighted by Crippen LogP contribution is -2.35. The van der Waals surface area contributed by atoms with E-state index >= 15 is 0 Å². The number of amides is 2. The molecular weight excluding hydrogens is 353 g/mol. The second-order valence-electron chi connectivity index (χ2n) is 6.92. The number of nitrogens with zero attached hydrogens (tertiary/aromatic N) is 2. The monoisotopic (exact) mass is 373 g/mol. The van der Waals surface area contributed by atoms with Crippen molar-refractivity contribution in [1.29, 1.82) is 0 Å². The third-order valence-electron chi connectivity index (χ3n) is 5.17. The average molecular weight is 373 g/mol. The van der Waals surface area contributed by atoms with Crippen LogP contribution in [0.2, 0.25) is 0 Å². The smallest absolute Gasteiger partial charge is 0.231 e. The van der Waals surface area contributed by atoms with Gasteiger partial charge in [-0.2, -0.15) is 0 Å². The molecule has 5 nitrogen and oxygen atoms in total. The highest BCUT2D eigenvalue weighted by molar-refractivity contribution is 7.14. The number of carbonyl (C=O) groups excluding carboxylic acids is 2. The number of anilines is 1. The van der Waals surface area contributed by atoms with Crippen LogP contribution in [0, 0.1) is 11.7 Å². The second-order valence-corrected chi connectivity index (χ2v) is 7.78. The van der Waals surface area contributed by atoms with E-state index in [-0.39, 0.29) is 30.0 Å². The number of carbonyl (C=O) groups is 2. The minimum atomic E-state index is -0.318. The fourth-order valence-electron chi connectivity index (χ4n) is 3.77. The Morgan fingerprint density at radius 1 is 1.23 bits per heavy atom. The third kappa shape index (κ3) is 3.49. The molecule has 1 N–H and O–H groups in total. The van der Waals surface area contributed by atoms with Gasteiger partial charge in [-0.25, -0.2) is 9.37 Å². The first-order valence-corrected chi connectivity index (χ1v) is 9.80. The lowest BCUT2D eigenvalue weighted by Gasteiger charge is -2.23. The summed E-state index contributed by atoms with van der Waals surface area (Å²) in [7, 11) is 0. The van der Waals surface area contributed by atoms with Gasteiger partial charge in [0.2, 0.25) is 11.8 Å². The summed E-state index contributed by atoms with van der Waals surface area (Å²) in [6.07, 6.45) is 4.70. The molecule has 26 heavy (non-hydrogen) atoms. The molecule has 2 amide bonds. The van der Waals surface area contributed by atoms with Gasteiger partial charge >= 0.3 is 0 Å². The maximum absolute atomic E-state index is 13.0. The lowest BCUT2D eigenvalue weighted by atomic mass is 10.1. The van der Waals surface area contributed by atoms with Gasteiger partial charge in [-0.1, -0.05) is 12.8 Å². The average Bonchev–Trinajstić information content (AvgIpc) is 3.36. The van der Waals surface area contributed by atoms with Gasteiger partial charge < -0.3 is 10.2 Å². The van der Waals surface area contributed by atoms with E-state index in [1.54, 1.807) is 12.1 Å². The summed E-state index contributed by atoms with van der Waals surface area (Å²) in [5.41, 5.74) is 1.49. The number of hydrogen-bond acceptors (Lipinski definition) is 4. The molecule has 1 unspecified atom stereocenters. The van der Waals surface area contributed by atoms with Crippen LogP contribution in [0.25, 0.3) is 11.3 Å². The van der Waals surface area contributed by atoms with Crippen molar-refractivity contribution in [2.75, 3.05) is 11.9 Å². The van der Waals surface area contributed by atoms with Crippen molar-refractivity contribution in [1.82, 2.24) is 9.88 Å². The summed E-state index contributed by atoms with van der Waals surface area (Å²) in [6.45, 7) is 0.505. The zero-order valence-corrected chi connectivity index (χ0v) is 15.1. The van der Waals surface area contributed by atoms with E-state index in [4.69, 9.17) is 0 Å². The van der Waals surface area contributed by atoms with Crippen LogP contribution in [0.3, 0.4) is 0 Å². The SMILES string of the molecule is O=C(Nc1nc(-c2ccc(F)cc2)cs1)C1CC(=O)N(C2CCCC2)C1. The van der Waals surface area contributed by atoms with Crippen LogP contribution in [0.1, 0.15) is 32.1 Å². The van der Waals surface area contributed by atoms with Gasteiger partial charge in [0, 0.05) is 30.0 Å². The highest BCUT2D eigenvalue weighted by Gasteiger charge is 2.38. The summed E-state index contributed by atoms with van der Waals surface area (Å²) >= 11 is 1.33. The highest BCUT2D eigenvalue weighted by atomic mass is 32.1. The molecule has 1 saturated carbocycles. The van der Waals surface area contributed by atoms with Crippen molar-refractivity contribution in [3.63, 3.8) is 0 Å². The van der Waals surface area contributed by atoms with Gasteiger partial charge in [-0.05, 0) is 37.1 Å². The molecule has 1 aromatic heterocycles. The van der Waals surface area contributed by atoms with E-state index in [1.807, 2.05) is 10.3 Å². The Labute approximate surface area is 155 Å². The Hall–Kier alpha value is -2.28. The minimum absolute atomic E-state index is 0.0863. The number of rotatable bonds is 4. The first-order chi connectivity index (χ1) is 12.6. The minimum Gasteiger partial charge on any atom is -0.339 e. The Morgan fingerprint density at radius 2 is 1.96 bits per heavy atom. The zero-order valence-electron chi connectivity index (χ0n) is 14.3. The number of thiazole rings is 1. The molecule has 4 rings (SSSR count). The fourth-order valence-corrected chi connectivity index (χ4v) is 4.49. The number of halogens is 1. The van der Waals surface area contributed by atoms with Gasteiger partial charge in [0.15, 0.2) is 5.13 Å². The maximum atomic E-state index is 13.0. The van der Waals surface area contributed by atoms with Crippen LogP contribution in [-0.4, -0.2) is 34.3 Å². The molecule has 2 aliphatic rings. The molecule has 2 heterocycles. The van der Waals surface area contributed by atoms with Gasteiger partial charge in [0.05, 0.1) is 11.6 Å². The van der Waals surface area contributed by atoms with Crippen LogP contribution in [0.5, 0.6) is 0 Å². The second kappa shape index (κ2) is 7.15. The molecule has 1 aliphatic heterocycles. The Bertz CT molecular complexity index is 814. The van der Waals surface area contributed by atoms with E-state index in [2.05, 4.69) is 10.3 Å². The molecule has 2 aromatic rings. The van der Waals surface area contributed by atoms with E-state index in [0.717, 1.165) is 31.2 Å². The zero-order chi connectivity index (χ0) is 18.1. The van der Waals surface area contributed by atoms with E-state index in [9.17, 15) is 14.0 Å². The lowest BCUT2D eigenvalue weighted by molar-refractivity contribution is -0.129. The van der Waals surface area contributed by atoms with Gasteiger partial charge in [-0.15, -0.1) is 11.3 Å². The van der Waals surface area contributed by atoms with Crippen LogP contribution >= 0.6 is 11.3 Å². The first-order valence-electron chi connectivity index (χ1n) is 8.92. The van der Waals surface area contributed by atoms with E-state index in [0.29, 0.717) is 23.4 Å². The van der Waals surface area contributed by atoms with Crippen molar-refractivity contribution in [3.8, 4) is 11.3 Å². The molecule has 1 aromatic carbocycles. The number of benzene rings is 1. The Kier molecular flexibility index (Phi) is 4.72. The predicted molar refractivity (Wildman–Crippen MR) is 98.2 cm³/mol. The van der Waals surface area contributed by atoms with Crippen molar-refractivity contribution < 1.29 is 14.0 Å². The molecule has 0 radical (unpaired) electrons. The normalized spacial score (nSPS) is 20.7. The molecule has 0 bridgehead atoms. The molecule has 2 fully saturated rings. The quantitative estimate of drug-likeness (QED) is 0.889. The Balaban J connectivity index is 1.39. The summed E-state index contributed by atoms with van der Waals surface area (Å²) in [4.78, 5) is 31.1. The Morgan fingerprint density at radius 3 is 2.69 bits per heavy atom. The number of aromatic nitrogens is 1. The molecule has 136 valence electrons. The van der Waals surface area contributed by atoms with Crippen LogP contribution in [-0.2, 0) is 9.59 Å². The van der Waals surface area contributed by atoms with Gasteiger partial charge in [0.25, 0.3) is 0 Å². The van der Waals surface area contributed by atoms with E-state index < -0.39 is 0 Å². The molecule has 1 saturated heterocycles. The van der Waals surface area contributed by atoms with Crippen LogP contribution in [0.4, 0.5) is 9.52 Å². The molecule has 1 atom stereocenters. The number of nitrogens with one attached hydrogen (secondary N) is 1. The van der Waals surface area contributed by atoms with Crippen LogP contribution in [0.15, 0.2) is 29.6 Å².